The minimum absolute atomic E-state index is 0.404. The van der Waals surface area contributed by atoms with Crippen molar-refractivity contribution >= 4 is 69.0 Å². The van der Waals surface area contributed by atoms with E-state index in [-0.39, 0.29) is 0 Å². The van der Waals surface area contributed by atoms with E-state index in [1.165, 1.54) is 0 Å². The second-order valence-corrected chi connectivity index (χ2v) is 12.6. The molecule has 41 heavy (non-hydrogen) atoms. The van der Waals surface area contributed by atoms with Crippen LogP contribution in [0.3, 0.4) is 0 Å². The fourth-order valence-corrected chi connectivity index (χ4v) is 6.31. The normalized spacial score (nSPS) is 13.5. The van der Waals surface area contributed by atoms with E-state index >= 15 is 0 Å². The van der Waals surface area contributed by atoms with Crippen molar-refractivity contribution in [2.45, 2.75) is 0 Å². The van der Waals surface area contributed by atoms with Crippen LogP contribution in [0.1, 0.15) is 0 Å². The van der Waals surface area contributed by atoms with Gasteiger partial charge in [0.2, 0.25) is 5.95 Å². The molecule has 1 saturated heterocycles. The van der Waals surface area contributed by atoms with Gasteiger partial charge in [-0.25, -0.2) is 4.98 Å². The summed E-state index contributed by atoms with van der Waals surface area (Å²) in [5, 5.41) is 11.9. The first-order chi connectivity index (χ1) is 20.0. The number of benzene rings is 2. The fraction of sp³-hybridized carbons (Fsp3) is 0.250. The van der Waals surface area contributed by atoms with Gasteiger partial charge in [-0.3, -0.25) is 9.97 Å². The minimum Gasteiger partial charge on any atom is -0.494 e. The zero-order chi connectivity index (χ0) is 28.3. The first-order valence-electron chi connectivity index (χ1n) is 12.9. The molecule has 0 bridgehead atoms. The number of ether oxygens (including phenoxy) is 2. The topological polar surface area (TPSA) is 123 Å². The number of morpholine rings is 1. The lowest BCUT2D eigenvalue weighted by Gasteiger charge is -2.31. The number of hydrogen-bond donors (Lipinski definition) is 2. The number of methoxy groups -OCH3 is 1. The van der Waals surface area contributed by atoms with Gasteiger partial charge in [-0.2, -0.15) is 4.98 Å². The SMILES string of the molecule is COc1cc(N2CCOCC2)c(-c2cnoc2)cc1Nc1ncc(Br)c(Nc2ccc3nccnc3c2P(C)C)n1. The summed E-state index contributed by atoms with van der Waals surface area (Å²) in [6.07, 6.45) is 8.49. The molecule has 11 nitrogen and oxygen atoms in total. The molecule has 2 aromatic carbocycles. The molecule has 6 rings (SSSR count). The summed E-state index contributed by atoms with van der Waals surface area (Å²) in [6, 6.07) is 8.01. The largest absolute Gasteiger partial charge is 0.494 e. The van der Waals surface area contributed by atoms with E-state index in [1.54, 1.807) is 38.2 Å². The van der Waals surface area contributed by atoms with E-state index < -0.39 is 7.92 Å². The lowest BCUT2D eigenvalue weighted by molar-refractivity contribution is 0.122. The van der Waals surface area contributed by atoms with E-state index in [0.717, 1.165) is 56.4 Å². The number of aromatic nitrogens is 5. The number of nitrogens with zero attached hydrogens (tertiary/aromatic N) is 6. The predicted octanol–water partition coefficient (Wildman–Crippen LogP) is 5.54. The minimum atomic E-state index is -0.487. The zero-order valence-corrected chi connectivity index (χ0v) is 25.2. The predicted molar refractivity (Wildman–Crippen MR) is 166 cm³/mol. The molecule has 1 fully saturated rings. The van der Waals surface area contributed by atoms with Crippen molar-refractivity contribution in [2.24, 2.45) is 0 Å². The lowest BCUT2D eigenvalue weighted by Crippen LogP contribution is -2.36. The van der Waals surface area contributed by atoms with Crippen molar-refractivity contribution in [3.05, 3.63) is 59.8 Å². The molecule has 210 valence electrons. The highest BCUT2D eigenvalue weighted by Gasteiger charge is 2.21. The molecule has 1 aliphatic heterocycles. The highest BCUT2D eigenvalue weighted by molar-refractivity contribution is 9.10. The van der Waals surface area contributed by atoms with Crippen LogP contribution in [-0.4, -0.2) is 71.8 Å². The summed E-state index contributed by atoms with van der Waals surface area (Å²) in [5.74, 6) is 1.68. The van der Waals surface area contributed by atoms with Crippen LogP contribution in [0.15, 0.2) is 64.3 Å². The van der Waals surface area contributed by atoms with Gasteiger partial charge in [0.1, 0.15) is 17.8 Å². The van der Waals surface area contributed by atoms with Crippen LogP contribution in [0.2, 0.25) is 0 Å². The number of nitrogens with one attached hydrogen (secondary N) is 2. The second-order valence-electron chi connectivity index (χ2n) is 9.50. The van der Waals surface area contributed by atoms with Crippen LogP contribution in [0.5, 0.6) is 5.75 Å². The van der Waals surface area contributed by atoms with Crippen molar-refractivity contribution in [3.63, 3.8) is 0 Å². The summed E-state index contributed by atoms with van der Waals surface area (Å²) in [4.78, 5) is 20.7. The van der Waals surface area contributed by atoms with Crippen LogP contribution < -0.4 is 25.6 Å². The Kier molecular flexibility index (Phi) is 7.95. The summed E-state index contributed by atoms with van der Waals surface area (Å²) in [7, 11) is 1.16. The Morgan fingerprint density at radius 3 is 2.59 bits per heavy atom. The first kappa shape index (κ1) is 27.3. The summed E-state index contributed by atoms with van der Waals surface area (Å²) < 4.78 is 17.3. The van der Waals surface area contributed by atoms with Gasteiger partial charge in [0, 0.05) is 65.6 Å². The van der Waals surface area contributed by atoms with E-state index in [2.05, 4.69) is 64.9 Å². The third-order valence-corrected chi connectivity index (χ3v) is 8.65. The Morgan fingerprint density at radius 2 is 1.83 bits per heavy atom. The molecular weight excluding hydrogens is 607 g/mol. The average molecular weight is 635 g/mol. The highest BCUT2D eigenvalue weighted by atomic mass is 79.9. The molecular formula is C28H28BrN8O3P. The maximum absolute atomic E-state index is 5.80. The Labute approximate surface area is 246 Å². The van der Waals surface area contributed by atoms with Crippen LogP contribution in [-0.2, 0) is 4.74 Å². The van der Waals surface area contributed by atoms with Crippen molar-refractivity contribution in [1.82, 2.24) is 25.1 Å². The van der Waals surface area contributed by atoms with E-state index in [4.69, 9.17) is 19.0 Å². The molecule has 0 radical (unpaired) electrons. The van der Waals surface area contributed by atoms with Crippen molar-refractivity contribution in [2.75, 3.05) is 62.3 Å². The molecule has 4 heterocycles. The zero-order valence-electron chi connectivity index (χ0n) is 22.8. The summed E-state index contributed by atoms with van der Waals surface area (Å²) in [5.41, 5.74) is 6.23. The van der Waals surface area contributed by atoms with Crippen molar-refractivity contribution < 1.29 is 14.0 Å². The van der Waals surface area contributed by atoms with Gasteiger partial charge < -0.3 is 29.5 Å². The van der Waals surface area contributed by atoms with Gasteiger partial charge in [0.15, 0.2) is 0 Å². The van der Waals surface area contributed by atoms with Crippen LogP contribution in [0.4, 0.5) is 28.8 Å². The van der Waals surface area contributed by atoms with Crippen LogP contribution in [0, 0.1) is 0 Å². The van der Waals surface area contributed by atoms with E-state index in [9.17, 15) is 0 Å². The average Bonchev–Trinajstić information content (AvgIpc) is 3.54. The molecule has 2 N–H and O–H groups in total. The molecule has 0 amide bonds. The van der Waals surface area contributed by atoms with Gasteiger partial charge in [-0.15, -0.1) is 0 Å². The molecule has 0 unspecified atom stereocenters. The molecule has 0 saturated carbocycles. The molecule has 0 aliphatic carbocycles. The van der Waals surface area contributed by atoms with Gasteiger partial charge >= 0.3 is 0 Å². The Bertz CT molecular complexity index is 1680. The highest BCUT2D eigenvalue weighted by Crippen LogP contribution is 2.41. The monoisotopic (exact) mass is 634 g/mol. The molecule has 0 spiro atoms. The lowest BCUT2D eigenvalue weighted by atomic mass is 10.0. The van der Waals surface area contributed by atoms with Crippen LogP contribution in [0.25, 0.3) is 22.2 Å². The Balaban J connectivity index is 1.36. The number of rotatable bonds is 8. The van der Waals surface area contributed by atoms with Gasteiger partial charge in [0.05, 0.1) is 47.7 Å². The van der Waals surface area contributed by atoms with Crippen LogP contribution >= 0.6 is 23.9 Å². The van der Waals surface area contributed by atoms with Crippen molar-refractivity contribution in [1.29, 1.82) is 0 Å². The van der Waals surface area contributed by atoms with Gasteiger partial charge in [0.25, 0.3) is 0 Å². The first-order valence-corrected chi connectivity index (χ1v) is 16.0. The standard InChI is InChI=1S/C28H28BrN8O3P/c1-38-24-13-23(37-8-10-39-11-9-37)18(17-14-33-40-16-17)12-22(24)35-28-32-15-19(29)27(36-28)34-21-5-4-20-25(26(21)41(2)3)31-7-6-30-20/h4-7,12-16H,8-11H2,1-3H3,(H2,32,34,35,36). The smallest absolute Gasteiger partial charge is 0.229 e. The number of anilines is 5. The summed E-state index contributed by atoms with van der Waals surface area (Å²) in [6.45, 7) is 7.28. The molecule has 1 aliphatic rings. The molecule has 13 heteroatoms. The molecule has 0 atom stereocenters. The number of hydrogen-bond acceptors (Lipinski definition) is 11. The summed E-state index contributed by atoms with van der Waals surface area (Å²) >= 11 is 3.61. The third-order valence-electron chi connectivity index (χ3n) is 6.72. The van der Waals surface area contributed by atoms with Gasteiger partial charge in [-0.05, 0) is 47.5 Å². The van der Waals surface area contributed by atoms with Gasteiger partial charge in [-0.1, -0.05) is 13.1 Å². The molecule has 5 aromatic rings. The second kappa shape index (κ2) is 11.9. The Hall–Kier alpha value is -3.86. The quantitative estimate of drug-likeness (QED) is 0.209. The maximum Gasteiger partial charge on any atom is 0.229 e. The number of halogens is 1. The molecule has 3 aromatic heterocycles. The fourth-order valence-electron chi connectivity index (χ4n) is 4.81. The Morgan fingerprint density at radius 1 is 1.00 bits per heavy atom. The third kappa shape index (κ3) is 5.68. The van der Waals surface area contributed by atoms with E-state index in [0.29, 0.717) is 36.4 Å². The maximum atomic E-state index is 5.80. The number of fused-ring (bicyclic) bond motifs is 1. The van der Waals surface area contributed by atoms with Crippen molar-refractivity contribution in [3.8, 4) is 16.9 Å². The van der Waals surface area contributed by atoms with E-state index in [1.807, 2.05) is 24.3 Å².